The van der Waals surface area contributed by atoms with Crippen molar-refractivity contribution >= 4 is 29.4 Å². The number of carbonyl (C=O) groups excluding carboxylic acids is 4. The van der Waals surface area contributed by atoms with Crippen LogP contribution in [-0.4, -0.2) is 42.9 Å². The Kier molecular flexibility index (Phi) is 7.26. The number of hydrogen-bond donors (Lipinski definition) is 3. The Morgan fingerprint density at radius 3 is 2.46 bits per heavy atom. The molecule has 10 heteroatoms. The molecule has 148 valence electrons. The summed E-state index contributed by atoms with van der Waals surface area (Å²) in [6.45, 7) is 0.402. The van der Waals surface area contributed by atoms with E-state index in [2.05, 4.69) is 16.0 Å². The maximum Gasteiger partial charge on any atom is 0.328 e. The molecule has 1 aromatic heterocycles. The summed E-state index contributed by atoms with van der Waals surface area (Å²) in [6.07, 6.45) is 1.31. The number of nitrogens with one attached hydrogen (secondary N) is 3. The summed E-state index contributed by atoms with van der Waals surface area (Å²) in [5.74, 6) is -3.08. The van der Waals surface area contributed by atoms with Gasteiger partial charge in [0, 0.05) is 5.69 Å². The average molecular weight is 391 g/mol. The van der Waals surface area contributed by atoms with E-state index >= 15 is 0 Å². The zero-order valence-corrected chi connectivity index (χ0v) is 14.9. The van der Waals surface area contributed by atoms with Crippen molar-refractivity contribution in [1.29, 1.82) is 0 Å². The summed E-state index contributed by atoms with van der Waals surface area (Å²) >= 11 is 0. The monoisotopic (exact) mass is 391 g/mol. The normalized spacial score (nSPS) is 11.2. The Bertz CT molecular complexity index is 836. The molecule has 9 nitrogen and oxygen atoms in total. The quantitative estimate of drug-likeness (QED) is 0.572. The lowest BCUT2D eigenvalue weighted by molar-refractivity contribution is -0.150. The molecule has 0 saturated carbocycles. The number of amides is 3. The number of benzene rings is 1. The van der Waals surface area contributed by atoms with Crippen LogP contribution in [0.4, 0.5) is 10.1 Å². The summed E-state index contributed by atoms with van der Waals surface area (Å²) < 4.78 is 22.5. The zero-order chi connectivity index (χ0) is 20.5. The number of anilines is 1. The maximum atomic E-state index is 12.8. The molecule has 0 unspecified atom stereocenters. The van der Waals surface area contributed by atoms with Crippen LogP contribution < -0.4 is 16.0 Å². The van der Waals surface area contributed by atoms with Gasteiger partial charge in [0.1, 0.15) is 11.9 Å². The van der Waals surface area contributed by atoms with Gasteiger partial charge in [0.2, 0.25) is 5.91 Å². The molecule has 0 aliphatic heterocycles. The molecule has 28 heavy (non-hydrogen) atoms. The van der Waals surface area contributed by atoms with Gasteiger partial charge in [-0.25, -0.2) is 9.18 Å². The van der Waals surface area contributed by atoms with Gasteiger partial charge in [0.05, 0.1) is 12.8 Å². The highest BCUT2D eigenvalue weighted by Crippen LogP contribution is 2.07. The predicted octanol–water partition coefficient (Wildman–Crippen LogP) is 0.835. The Hall–Kier alpha value is -3.69. The number of ether oxygens (including phenoxy) is 1. The van der Waals surface area contributed by atoms with E-state index in [-0.39, 0.29) is 12.3 Å². The van der Waals surface area contributed by atoms with Crippen LogP contribution in [0.3, 0.4) is 0 Å². The van der Waals surface area contributed by atoms with Gasteiger partial charge < -0.3 is 25.1 Å². The van der Waals surface area contributed by atoms with Gasteiger partial charge in [-0.05, 0) is 43.3 Å². The standard InChI is InChI=1S/C18H18FN3O6/c1-11(21-17(25)14-3-2-8-27-14)18(26)28-10-16(24)20-9-15(23)22-13-6-4-12(19)5-7-13/h2-8,11H,9-10H2,1H3,(H,20,24)(H,21,25)(H,22,23)/t11-/m0/s1. The van der Waals surface area contributed by atoms with Crippen LogP contribution in [-0.2, 0) is 19.1 Å². The summed E-state index contributed by atoms with van der Waals surface area (Å²) in [7, 11) is 0. The van der Waals surface area contributed by atoms with Gasteiger partial charge in [-0.15, -0.1) is 0 Å². The molecule has 0 aliphatic rings. The number of halogens is 1. The highest BCUT2D eigenvalue weighted by Gasteiger charge is 2.20. The molecular formula is C18H18FN3O6. The summed E-state index contributed by atoms with van der Waals surface area (Å²) in [4.78, 5) is 46.9. The van der Waals surface area contributed by atoms with Crippen molar-refractivity contribution in [1.82, 2.24) is 10.6 Å². The first kappa shape index (κ1) is 20.6. The number of furan rings is 1. The van der Waals surface area contributed by atoms with Crippen LogP contribution in [0.15, 0.2) is 47.1 Å². The lowest BCUT2D eigenvalue weighted by Gasteiger charge is -2.12. The molecule has 0 radical (unpaired) electrons. The van der Waals surface area contributed by atoms with Gasteiger partial charge in [-0.1, -0.05) is 0 Å². The molecular weight excluding hydrogens is 373 g/mol. The molecule has 1 atom stereocenters. The van der Waals surface area contributed by atoms with Gasteiger partial charge in [-0.2, -0.15) is 0 Å². The summed E-state index contributed by atoms with van der Waals surface area (Å²) in [5, 5.41) is 7.08. The van der Waals surface area contributed by atoms with Crippen molar-refractivity contribution in [3.05, 3.63) is 54.2 Å². The Balaban J connectivity index is 1.66. The molecule has 0 saturated heterocycles. The second-order valence-corrected chi connectivity index (χ2v) is 5.61. The fraction of sp³-hybridized carbons (Fsp3) is 0.222. The number of carbonyl (C=O) groups is 4. The Morgan fingerprint density at radius 2 is 1.82 bits per heavy atom. The second kappa shape index (κ2) is 9.86. The topological polar surface area (TPSA) is 127 Å². The fourth-order valence-corrected chi connectivity index (χ4v) is 1.96. The van der Waals surface area contributed by atoms with Crippen LogP contribution in [0.2, 0.25) is 0 Å². The van der Waals surface area contributed by atoms with Crippen LogP contribution in [0.25, 0.3) is 0 Å². The molecule has 0 spiro atoms. The zero-order valence-electron chi connectivity index (χ0n) is 14.9. The minimum Gasteiger partial charge on any atom is -0.459 e. The minimum atomic E-state index is -1.01. The van der Waals surface area contributed by atoms with Gasteiger partial charge in [0.15, 0.2) is 12.4 Å². The molecule has 1 heterocycles. The Morgan fingerprint density at radius 1 is 1.11 bits per heavy atom. The first-order valence-corrected chi connectivity index (χ1v) is 8.18. The number of esters is 1. The molecule has 3 N–H and O–H groups in total. The number of hydrogen-bond acceptors (Lipinski definition) is 6. The molecule has 0 fully saturated rings. The van der Waals surface area contributed by atoms with Crippen LogP contribution in [0, 0.1) is 5.82 Å². The number of rotatable bonds is 8. The molecule has 1 aromatic carbocycles. The van der Waals surface area contributed by atoms with E-state index in [1.54, 1.807) is 0 Å². The minimum absolute atomic E-state index is 0.0320. The highest BCUT2D eigenvalue weighted by molar-refractivity contribution is 5.96. The van der Waals surface area contributed by atoms with Gasteiger partial charge in [0.25, 0.3) is 11.8 Å². The van der Waals surface area contributed by atoms with E-state index in [1.807, 2.05) is 0 Å². The third-order valence-corrected chi connectivity index (χ3v) is 3.37. The third-order valence-electron chi connectivity index (χ3n) is 3.37. The van der Waals surface area contributed by atoms with Crippen molar-refractivity contribution < 1.29 is 32.7 Å². The van der Waals surface area contributed by atoms with Crippen molar-refractivity contribution in [3.8, 4) is 0 Å². The van der Waals surface area contributed by atoms with Crippen molar-refractivity contribution in [3.63, 3.8) is 0 Å². The molecule has 3 amide bonds. The van der Waals surface area contributed by atoms with Crippen molar-refractivity contribution in [2.45, 2.75) is 13.0 Å². The van der Waals surface area contributed by atoms with E-state index in [4.69, 9.17) is 9.15 Å². The van der Waals surface area contributed by atoms with Crippen LogP contribution in [0.5, 0.6) is 0 Å². The van der Waals surface area contributed by atoms with Crippen molar-refractivity contribution in [2.24, 2.45) is 0 Å². The van der Waals surface area contributed by atoms with Crippen LogP contribution >= 0.6 is 0 Å². The first-order valence-electron chi connectivity index (χ1n) is 8.18. The fourth-order valence-electron chi connectivity index (χ4n) is 1.96. The smallest absolute Gasteiger partial charge is 0.328 e. The lowest BCUT2D eigenvalue weighted by atomic mass is 10.3. The molecule has 2 aromatic rings. The van der Waals surface area contributed by atoms with Crippen LogP contribution in [0.1, 0.15) is 17.5 Å². The Labute approximate surface area is 159 Å². The second-order valence-electron chi connectivity index (χ2n) is 5.61. The van der Waals surface area contributed by atoms with E-state index < -0.39 is 42.2 Å². The molecule has 2 rings (SSSR count). The van der Waals surface area contributed by atoms with E-state index in [9.17, 15) is 23.6 Å². The van der Waals surface area contributed by atoms with Gasteiger partial charge in [-0.3, -0.25) is 14.4 Å². The first-order chi connectivity index (χ1) is 13.3. The molecule has 0 aliphatic carbocycles. The largest absolute Gasteiger partial charge is 0.459 e. The van der Waals surface area contributed by atoms with Gasteiger partial charge >= 0.3 is 5.97 Å². The maximum absolute atomic E-state index is 12.8. The lowest BCUT2D eigenvalue weighted by Crippen LogP contribution is -2.41. The SMILES string of the molecule is C[C@H](NC(=O)c1ccco1)C(=O)OCC(=O)NCC(=O)Nc1ccc(F)cc1. The van der Waals surface area contributed by atoms with E-state index in [0.29, 0.717) is 5.69 Å². The molecule has 0 bridgehead atoms. The summed E-state index contributed by atoms with van der Waals surface area (Å²) in [5.41, 5.74) is 0.369. The average Bonchev–Trinajstić information content (AvgIpc) is 3.21. The summed E-state index contributed by atoms with van der Waals surface area (Å²) in [6, 6.07) is 7.04. The third kappa shape index (κ3) is 6.56. The van der Waals surface area contributed by atoms with E-state index in [1.165, 1.54) is 49.6 Å². The van der Waals surface area contributed by atoms with Crippen molar-refractivity contribution in [2.75, 3.05) is 18.5 Å². The predicted molar refractivity (Wildman–Crippen MR) is 94.6 cm³/mol. The highest BCUT2D eigenvalue weighted by atomic mass is 19.1. The van der Waals surface area contributed by atoms with E-state index in [0.717, 1.165) is 0 Å².